The smallest absolute Gasteiger partial charge is 0.407 e. The molecule has 30 heavy (non-hydrogen) atoms. The van der Waals surface area contributed by atoms with E-state index in [1.807, 2.05) is 39.8 Å². The first-order chi connectivity index (χ1) is 14.2. The van der Waals surface area contributed by atoms with E-state index in [9.17, 15) is 4.79 Å². The third-order valence-corrected chi connectivity index (χ3v) is 3.80. The van der Waals surface area contributed by atoms with Crippen LogP contribution in [0.5, 0.6) is 17.2 Å². The van der Waals surface area contributed by atoms with Crippen LogP contribution in [0.3, 0.4) is 0 Å². The van der Waals surface area contributed by atoms with Crippen LogP contribution in [0.1, 0.15) is 39.7 Å². The van der Waals surface area contributed by atoms with Gasteiger partial charge in [-0.05, 0) is 51.8 Å². The lowest BCUT2D eigenvalue weighted by Crippen LogP contribution is -2.39. The van der Waals surface area contributed by atoms with Gasteiger partial charge in [-0.1, -0.05) is 0 Å². The van der Waals surface area contributed by atoms with Crippen LogP contribution in [0.15, 0.2) is 17.1 Å². The summed E-state index contributed by atoms with van der Waals surface area (Å²) in [6, 6.07) is 3.75. The molecule has 0 saturated heterocycles. The molecule has 1 amide bonds. The van der Waals surface area contributed by atoms with Crippen molar-refractivity contribution in [3.8, 4) is 17.2 Å². The summed E-state index contributed by atoms with van der Waals surface area (Å²) in [5.74, 6) is 2.42. The first-order valence-corrected chi connectivity index (χ1v) is 10.0. The number of ether oxygens (including phenoxy) is 4. The number of hydrogen-bond donors (Lipinski definition) is 3. The van der Waals surface area contributed by atoms with Crippen molar-refractivity contribution in [2.75, 3.05) is 41.0 Å². The van der Waals surface area contributed by atoms with Crippen molar-refractivity contribution >= 4 is 12.1 Å². The number of methoxy groups -OCH3 is 3. The Hall–Kier alpha value is -2.84. The van der Waals surface area contributed by atoms with Gasteiger partial charge >= 0.3 is 6.09 Å². The summed E-state index contributed by atoms with van der Waals surface area (Å²) >= 11 is 0. The zero-order chi connectivity index (χ0) is 22.6. The highest BCUT2D eigenvalue weighted by atomic mass is 16.6. The molecule has 9 heteroatoms. The van der Waals surface area contributed by atoms with E-state index < -0.39 is 11.7 Å². The van der Waals surface area contributed by atoms with Gasteiger partial charge in [-0.2, -0.15) is 0 Å². The summed E-state index contributed by atoms with van der Waals surface area (Å²) in [5.41, 5.74) is 0.424. The van der Waals surface area contributed by atoms with Gasteiger partial charge in [0.05, 0.1) is 27.9 Å². The maximum absolute atomic E-state index is 11.6. The number of carbonyl (C=O) groups excluding carboxylic acids is 1. The summed E-state index contributed by atoms with van der Waals surface area (Å²) in [6.45, 7) is 9.83. The van der Waals surface area contributed by atoms with E-state index in [0.29, 0.717) is 42.8 Å². The minimum Gasteiger partial charge on any atom is -0.493 e. The first-order valence-electron chi connectivity index (χ1n) is 10.0. The number of alkyl carbamates (subject to hydrolysis) is 1. The lowest BCUT2D eigenvalue weighted by molar-refractivity contribution is 0.0527. The third-order valence-electron chi connectivity index (χ3n) is 3.80. The molecule has 0 aliphatic heterocycles. The highest BCUT2D eigenvalue weighted by Gasteiger charge is 2.15. The molecule has 1 aromatic carbocycles. The van der Waals surface area contributed by atoms with Crippen molar-refractivity contribution in [1.29, 1.82) is 0 Å². The van der Waals surface area contributed by atoms with Gasteiger partial charge in [0.1, 0.15) is 5.60 Å². The molecule has 0 unspecified atom stereocenters. The fraction of sp³-hybridized carbons (Fsp3) is 0.619. The average molecular weight is 425 g/mol. The van der Waals surface area contributed by atoms with E-state index in [-0.39, 0.29) is 0 Å². The van der Waals surface area contributed by atoms with Crippen LogP contribution in [0.2, 0.25) is 0 Å². The van der Waals surface area contributed by atoms with Crippen molar-refractivity contribution in [2.24, 2.45) is 4.99 Å². The number of carbonyl (C=O) groups is 1. The maximum atomic E-state index is 11.6. The van der Waals surface area contributed by atoms with Crippen LogP contribution in [-0.4, -0.2) is 58.6 Å². The van der Waals surface area contributed by atoms with Gasteiger partial charge in [-0.25, -0.2) is 9.79 Å². The molecule has 0 fully saturated rings. The Bertz CT molecular complexity index is 676. The second-order valence-electron chi connectivity index (χ2n) is 7.44. The average Bonchev–Trinajstić information content (AvgIpc) is 2.69. The number of amides is 1. The third kappa shape index (κ3) is 9.11. The minimum absolute atomic E-state index is 0.412. The molecule has 0 aromatic heterocycles. The lowest BCUT2D eigenvalue weighted by atomic mass is 10.2. The molecule has 0 radical (unpaired) electrons. The predicted octanol–water partition coefficient (Wildman–Crippen LogP) is 2.68. The van der Waals surface area contributed by atoms with Crippen LogP contribution < -0.4 is 30.2 Å². The summed E-state index contributed by atoms with van der Waals surface area (Å²) in [6.07, 6.45) is 0.318. The molecule has 1 aromatic rings. The highest BCUT2D eigenvalue weighted by Crippen LogP contribution is 2.38. The fourth-order valence-corrected chi connectivity index (χ4v) is 2.54. The van der Waals surface area contributed by atoms with Gasteiger partial charge in [-0.15, -0.1) is 0 Å². The molecule has 0 spiro atoms. The van der Waals surface area contributed by atoms with E-state index >= 15 is 0 Å². The van der Waals surface area contributed by atoms with Crippen molar-refractivity contribution in [2.45, 2.75) is 46.3 Å². The summed E-state index contributed by atoms with van der Waals surface area (Å²) in [4.78, 5) is 16.3. The summed E-state index contributed by atoms with van der Waals surface area (Å²) in [5, 5.41) is 9.19. The van der Waals surface area contributed by atoms with Crippen LogP contribution in [0, 0.1) is 0 Å². The van der Waals surface area contributed by atoms with Gasteiger partial charge in [0.15, 0.2) is 17.5 Å². The lowest BCUT2D eigenvalue weighted by Gasteiger charge is -2.19. The Balaban J connectivity index is 2.61. The van der Waals surface area contributed by atoms with E-state index in [1.54, 1.807) is 21.3 Å². The van der Waals surface area contributed by atoms with Gasteiger partial charge in [0.2, 0.25) is 5.75 Å². The number of rotatable bonds is 10. The number of nitrogens with zero attached hydrogens (tertiary/aromatic N) is 1. The van der Waals surface area contributed by atoms with Crippen LogP contribution in [0.4, 0.5) is 4.79 Å². The van der Waals surface area contributed by atoms with Crippen molar-refractivity contribution in [3.05, 3.63) is 17.7 Å². The molecule has 0 aliphatic rings. The molecular weight excluding hydrogens is 388 g/mol. The van der Waals surface area contributed by atoms with Crippen molar-refractivity contribution in [3.63, 3.8) is 0 Å². The Labute approximate surface area is 179 Å². The van der Waals surface area contributed by atoms with E-state index in [0.717, 1.165) is 18.5 Å². The minimum atomic E-state index is -0.500. The van der Waals surface area contributed by atoms with Crippen LogP contribution in [-0.2, 0) is 11.3 Å². The Kier molecular flexibility index (Phi) is 10.6. The monoisotopic (exact) mass is 424 g/mol. The molecule has 0 heterocycles. The van der Waals surface area contributed by atoms with Crippen molar-refractivity contribution in [1.82, 2.24) is 16.0 Å². The second-order valence-corrected chi connectivity index (χ2v) is 7.44. The number of guanidine groups is 1. The number of aliphatic imine (C=N–C) groups is 1. The number of hydrogen-bond acceptors (Lipinski definition) is 6. The molecule has 9 nitrogen and oxygen atoms in total. The summed E-state index contributed by atoms with van der Waals surface area (Å²) < 4.78 is 21.3. The molecule has 1 rings (SSSR count). The molecule has 3 N–H and O–H groups in total. The SMILES string of the molecule is CCNC(=NCc1cc(OC)c(OC)c(OC)c1)NCCCNC(=O)OC(C)(C)C. The molecule has 0 bridgehead atoms. The van der Waals surface area contributed by atoms with Crippen LogP contribution in [0.25, 0.3) is 0 Å². The van der Waals surface area contributed by atoms with Crippen LogP contribution >= 0.6 is 0 Å². The zero-order valence-electron chi connectivity index (χ0n) is 19.2. The standard InChI is InChI=1S/C21H36N4O5/c1-8-22-19(23-10-9-11-24-20(26)30-21(2,3)4)25-14-15-12-16(27-5)18(29-7)17(13-15)28-6/h12-13H,8-11,14H2,1-7H3,(H,24,26)(H2,22,23,25). The van der Waals surface area contributed by atoms with Gasteiger partial charge in [0, 0.05) is 19.6 Å². The Morgan fingerprint density at radius 3 is 2.07 bits per heavy atom. The maximum Gasteiger partial charge on any atom is 0.407 e. The van der Waals surface area contributed by atoms with Gasteiger partial charge < -0.3 is 34.9 Å². The number of benzene rings is 1. The summed E-state index contributed by atoms with van der Waals surface area (Å²) in [7, 11) is 4.74. The van der Waals surface area contributed by atoms with Gasteiger partial charge in [0.25, 0.3) is 0 Å². The first kappa shape index (κ1) is 25.2. The fourth-order valence-electron chi connectivity index (χ4n) is 2.54. The van der Waals surface area contributed by atoms with Gasteiger partial charge in [-0.3, -0.25) is 0 Å². The van der Waals surface area contributed by atoms with E-state index in [2.05, 4.69) is 20.9 Å². The van der Waals surface area contributed by atoms with E-state index in [4.69, 9.17) is 18.9 Å². The largest absolute Gasteiger partial charge is 0.493 e. The highest BCUT2D eigenvalue weighted by molar-refractivity contribution is 5.79. The predicted molar refractivity (Wildman–Crippen MR) is 118 cm³/mol. The zero-order valence-corrected chi connectivity index (χ0v) is 19.2. The molecule has 0 saturated carbocycles. The van der Waals surface area contributed by atoms with Crippen molar-refractivity contribution < 1.29 is 23.7 Å². The Morgan fingerprint density at radius 2 is 1.57 bits per heavy atom. The van der Waals surface area contributed by atoms with E-state index in [1.165, 1.54) is 0 Å². The molecule has 0 aliphatic carbocycles. The quantitative estimate of drug-likeness (QED) is 0.301. The normalized spacial score (nSPS) is 11.5. The number of nitrogens with one attached hydrogen (secondary N) is 3. The molecular formula is C21H36N4O5. The second kappa shape index (κ2) is 12.7. The Morgan fingerprint density at radius 1 is 0.967 bits per heavy atom. The topological polar surface area (TPSA) is 102 Å². The molecule has 0 atom stereocenters. The molecule has 170 valence electrons.